The molecule has 0 amide bonds. The van der Waals surface area contributed by atoms with E-state index in [9.17, 15) is 0 Å². The van der Waals surface area contributed by atoms with E-state index < -0.39 is 9.52 Å². The van der Waals surface area contributed by atoms with Gasteiger partial charge >= 0.3 is 0 Å². The number of imidazole rings is 1. The van der Waals surface area contributed by atoms with Gasteiger partial charge in [-0.3, -0.25) is 0 Å². The zero-order valence-electron chi connectivity index (χ0n) is 27.3. The van der Waals surface area contributed by atoms with E-state index in [1.165, 1.54) is 35.6 Å². The second-order valence-corrected chi connectivity index (χ2v) is 13.8. The Morgan fingerprint density at radius 2 is 1.23 bits per heavy atom. The maximum absolute atomic E-state index is 5.98. The number of unbranched alkanes of at least 4 members (excludes halogenated alkanes) is 3. The lowest BCUT2D eigenvalue weighted by atomic mass is 9.92. The van der Waals surface area contributed by atoms with Crippen LogP contribution in [0.3, 0.4) is 0 Å². The summed E-state index contributed by atoms with van der Waals surface area (Å²) >= 11 is 0. The van der Waals surface area contributed by atoms with Gasteiger partial charge in [0, 0.05) is 12.4 Å². The molecule has 234 valence electrons. The average molecular weight is 631 g/mol. The predicted molar refractivity (Wildman–Crippen MR) is 201 cm³/mol. The number of aromatic nitrogens is 2. The van der Waals surface area contributed by atoms with Crippen LogP contribution < -0.4 is 9.92 Å². The van der Waals surface area contributed by atoms with Crippen LogP contribution in [0.1, 0.15) is 54.9 Å². The van der Waals surface area contributed by atoms with Crippen molar-refractivity contribution >= 4 is 28.1 Å². The molecule has 47 heavy (non-hydrogen) atoms. The van der Waals surface area contributed by atoms with Gasteiger partial charge in [0.25, 0.3) is 0 Å². The third-order valence-electron chi connectivity index (χ3n) is 8.43. The van der Waals surface area contributed by atoms with Crippen molar-refractivity contribution in [2.45, 2.75) is 37.8 Å². The quantitative estimate of drug-likeness (QED) is 0.0948. The van der Waals surface area contributed by atoms with Crippen molar-refractivity contribution in [2.24, 2.45) is 0 Å². The van der Waals surface area contributed by atoms with Gasteiger partial charge in [-0.25, -0.2) is 4.98 Å². The van der Waals surface area contributed by atoms with Crippen LogP contribution in [0.4, 0.5) is 0 Å². The number of hydrogen-bond acceptors (Lipinski definition) is 2. The first-order chi connectivity index (χ1) is 23.2. The molecule has 0 spiro atoms. The summed E-state index contributed by atoms with van der Waals surface area (Å²) in [6, 6.07) is 50.8. The molecular weight excluding hydrogens is 587 g/mol. The molecule has 0 saturated heterocycles. The zero-order valence-corrected chi connectivity index (χ0v) is 28.7. The Labute approximate surface area is 284 Å². The minimum Gasteiger partial charge on any atom is -0.494 e. The summed E-state index contributed by atoms with van der Waals surface area (Å²) in [5.74, 6) is 2.62. The number of rotatable bonds is 13. The number of nitrogens with zero attached hydrogens (tertiary/aromatic N) is 2. The van der Waals surface area contributed by atoms with Gasteiger partial charge in [-0.15, -0.1) is 5.98 Å². The standard InChI is InChI=1S/C28H32N2OSi.C14H11B/c1-2-3-4-11-22-31-26-16-18-27(19-17-26)32-28(30-21-20-29-23-30,24-12-7-5-8-13-24)25-14-9-6-10-15-25;15-11-14(12-7-3-1-4-8-12)13-9-5-2-6-10-13/h5-10,12-21,23H,2-4,11,22,32H2,1H3;1-11H. The van der Waals surface area contributed by atoms with Crippen LogP contribution in [0.2, 0.25) is 0 Å². The first kappa shape index (κ1) is 33.5. The molecule has 5 aromatic carbocycles. The lowest BCUT2D eigenvalue weighted by molar-refractivity contribution is 0.305. The van der Waals surface area contributed by atoms with E-state index in [1.54, 1.807) is 5.98 Å². The van der Waals surface area contributed by atoms with Crippen LogP contribution in [-0.4, -0.2) is 33.5 Å². The van der Waals surface area contributed by atoms with Gasteiger partial charge < -0.3 is 9.30 Å². The molecule has 0 aliphatic rings. The Balaban J connectivity index is 0.000000241. The number of ether oxygens (including phenoxy) is 1. The molecule has 0 bridgehead atoms. The van der Waals surface area contributed by atoms with Gasteiger partial charge in [-0.1, -0.05) is 165 Å². The largest absolute Gasteiger partial charge is 0.494 e. The van der Waals surface area contributed by atoms with Crippen molar-refractivity contribution in [2.75, 3.05) is 6.61 Å². The third kappa shape index (κ3) is 8.90. The zero-order chi connectivity index (χ0) is 32.6. The van der Waals surface area contributed by atoms with Gasteiger partial charge in [0.1, 0.15) is 13.6 Å². The average Bonchev–Trinajstić information content (AvgIpc) is 3.69. The van der Waals surface area contributed by atoms with E-state index in [0.717, 1.165) is 35.5 Å². The van der Waals surface area contributed by atoms with E-state index in [4.69, 9.17) is 12.6 Å². The highest BCUT2D eigenvalue weighted by molar-refractivity contribution is 6.57. The van der Waals surface area contributed by atoms with Crippen molar-refractivity contribution in [1.82, 2.24) is 9.55 Å². The fourth-order valence-corrected chi connectivity index (χ4v) is 8.30. The fraction of sp³-hybridized carbons (Fsp3) is 0.167. The van der Waals surface area contributed by atoms with E-state index in [1.807, 2.05) is 48.9 Å². The summed E-state index contributed by atoms with van der Waals surface area (Å²) in [5, 5.41) is 1.14. The highest BCUT2D eigenvalue weighted by Gasteiger charge is 2.36. The molecule has 1 heterocycles. The van der Waals surface area contributed by atoms with Crippen LogP contribution in [0, 0.1) is 0 Å². The van der Waals surface area contributed by atoms with Crippen molar-refractivity contribution in [1.29, 1.82) is 0 Å². The molecule has 2 radical (unpaired) electrons. The molecule has 0 unspecified atom stereocenters. The van der Waals surface area contributed by atoms with Crippen LogP contribution in [-0.2, 0) is 5.16 Å². The molecule has 0 fully saturated rings. The molecule has 0 aliphatic carbocycles. The Morgan fingerprint density at radius 3 is 1.70 bits per heavy atom. The summed E-state index contributed by atoms with van der Waals surface area (Å²) in [6.45, 7) is 3.03. The first-order valence-corrected chi connectivity index (χ1v) is 18.0. The van der Waals surface area contributed by atoms with Crippen molar-refractivity contribution in [3.05, 3.63) is 193 Å². The van der Waals surface area contributed by atoms with E-state index in [-0.39, 0.29) is 5.16 Å². The Morgan fingerprint density at radius 1 is 0.702 bits per heavy atom. The third-order valence-corrected chi connectivity index (χ3v) is 11.0. The molecule has 1 aromatic heterocycles. The molecule has 5 heteroatoms. The van der Waals surface area contributed by atoms with Gasteiger partial charge in [0.15, 0.2) is 0 Å². The smallest absolute Gasteiger partial charge is 0.119 e. The lowest BCUT2D eigenvalue weighted by Crippen LogP contribution is -2.46. The SMILES string of the molecule is CCCCCCOc1ccc([SiH2]C(c2ccccc2)(c2ccccc2)n2ccnc2)cc1.[B]C=C(c1ccccc1)c1ccccc1. The summed E-state index contributed by atoms with van der Waals surface area (Å²) in [7, 11) is 4.83. The molecule has 0 aliphatic heterocycles. The van der Waals surface area contributed by atoms with Gasteiger partial charge in [0.2, 0.25) is 0 Å². The first-order valence-electron chi connectivity index (χ1n) is 16.6. The minimum atomic E-state index is -0.849. The van der Waals surface area contributed by atoms with Crippen LogP contribution in [0.5, 0.6) is 5.75 Å². The summed E-state index contributed by atoms with van der Waals surface area (Å²) < 4.78 is 8.27. The van der Waals surface area contributed by atoms with Crippen LogP contribution in [0.15, 0.2) is 170 Å². The van der Waals surface area contributed by atoms with E-state index >= 15 is 0 Å². The molecule has 0 N–H and O–H groups in total. The highest BCUT2D eigenvalue weighted by Crippen LogP contribution is 2.33. The normalized spacial score (nSPS) is 11.1. The minimum absolute atomic E-state index is 0.248. The van der Waals surface area contributed by atoms with Gasteiger partial charge in [0.05, 0.1) is 27.6 Å². The van der Waals surface area contributed by atoms with Gasteiger partial charge in [-0.2, -0.15) is 0 Å². The van der Waals surface area contributed by atoms with E-state index in [2.05, 4.69) is 132 Å². The molecule has 3 nitrogen and oxygen atoms in total. The summed E-state index contributed by atoms with van der Waals surface area (Å²) in [5.41, 5.74) is 5.95. The maximum atomic E-state index is 5.98. The predicted octanol–water partition coefficient (Wildman–Crippen LogP) is 8.33. The Bertz CT molecular complexity index is 1660. The van der Waals surface area contributed by atoms with Crippen LogP contribution >= 0.6 is 0 Å². The topological polar surface area (TPSA) is 27.1 Å². The molecule has 0 atom stereocenters. The lowest BCUT2D eigenvalue weighted by Gasteiger charge is -2.37. The van der Waals surface area contributed by atoms with Crippen LogP contribution in [0.25, 0.3) is 5.57 Å². The number of benzene rings is 5. The second kappa shape index (κ2) is 17.7. The number of hydrogen-bond donors (Lipinski definition) is 0. The van der Waals surface area contributed by atoms with E-state index in [0.29, 0.717) is 0 Å². The van der Waals surface area contributed by atoms with Crippen molar-refractivity contribution < 1.29 is 4.74 Å². The van der Waals surface area contributed by atoms with Crippen molar-refractivity contribution in [3.8, 4) is 5.75 Å². The molecular formula is C42H43BN2OSi. The maximum Gasteiger partial charge on any atom is 0.119 e. The summed E-state index contributed by atoms with van der Waals surface area (Å²) in [4.78, 5) is 4.41. The molecule has 6 rings (SSSR count). The Kier molecular flexibility index (Phi) is 12.6. The molecule has 6 aromatic rings. The highest BCUT2D eigenvalue weighted by atomic mass is 28.2. The Hall–Kier alpha value is -4.87. The van der Waals surface area contributed by atoms with Crippen molar-refractivity contribution in [3.63, 3.8) is 0 Å². The molecule has 0 saturated carbocycles. The second-order valence-electron chi connectivity index (χ2n) is 11.6. The summed E-state index contributed by atoms with van der Waals surface area (Å²) in [6.07, 6.45) is 10.8. The monoisotopic (exact) mass is 630 g/mol. The fourth-order valence-electron chi connectivity index (χ4n) is 5.99. The van der Waals surface area contributed by atoms with Gasteiger partial charge in [-0.05, 0) is 46.4 Å².